The van der Waals surface area contributed by atoms with E-state index in [1.165, 1.54) is 10.1 Å². The van der Waals surface area contributed by atoms with Gasteiger partial charge in [0.2, 0.25) is 17.8 Å². The van der Waals surface area contributed by atoms with Gasteiger partial charge in [-0.2, -0.15) is 18.2 Å². The molecule has 3 fully saturated rings. The van der Waals surface area contributed by atoms with Gasteiger partial charge < -0.3 is 24.6 Å². The van der Waals surface area contributed by atoms with Gasteiger partial charge in [0.1, 0.15) is 11.7 Å². The van der Waals surface area contributed by atoms with Crippen LogP contribution in [0, 0.1) is 0 Å². The summed E-state index contributed by atoms with van der Waals surface area (Å²) < 4.78 is 49.6. The van der Waals surface area contributed by atoms with Crippen LogP contribution in [-0.2, 0) is 27.8 Å². The Kier molecular flexibility index (Phi) is 13.7. The molecule has 0 bridgehead atoms. The first kappa shape index (κ1) is 44.5. The summed E-state index contributed by atoms with van der Waals surface area (Å²) >= 11 is 0. The van der Waals surface area contributed by atoms with Gasteiger partial charge in [0.25, 0.3) is 0 Å². The number of benzene rings is 2. The second-order valence-corrected chi connectivity index (χ2v) is 17.4. The maximum Gasteiger partial charge on any atom is 0.390 e. The number of ether oxygens (including phenoxy) is 1. The largest absolute Gasteiger partial charge is 0.393 e. The Bertz CT molecular complexity index is 2450. The summed E-state index contributed by atoms with van der Waals surface area (Å²) in [5, 5.41) is 16.1. The minimum atomic E-state index is -4.27. The number of aromatic nitrogens is 5. The van der Waals surface area contributed by atoms with Crippen LogP contribution in [0.25, 0.3) is 33.2 Å². The van der Waals surface area contributed by atoms with Gasteiger partial charge in [-0.05, 0) is 87.1 Å². The molecule has 2 saturated heterocycles. The van der Waals surface area contributed by atoms with E-state index in [0.717, 1.165) is 92.4 Å². The lowest BCUT2D eigenvalue weighted by molar-refractivity contribution is -0.136. The minimum absolute atomic E-state index is 0.128. The molecule has 2 aromatic carbocycles. The molecule has 1 aliphatic carbocycles. The van der Waals surface area contributed by atoms with Crippen LogP contribution in [0.5, 0.6) is 0 Å². The third-order valence-corrected chi connectivity index (χ3v) is 13.2. The fraction of sp³-hybridized carbons (Fsp3) is 0.543. The van der Waals surface area contributed by atoms with Crippen molar-refractivity contribution in [3.05, 3.63) is 76.5 Å². The Labute approximate surface area is 364 Å². The number of piperazine rings is 1. The zero-order chi connectivity index (χ0) is 44.3. The van der Waals surface area contributed by atoms with Crippen molar-refractivity contribution >= 4 is 39.8 Å². The van der Waals surface area contributed by atoms with E-state index in [2.05, 4.69) is 67.4 Å². The van der Waals surface area contributed by atoms with Crippen molar-refractivity contribution in [1.29, 1.82) is 0 Å². The first-order valence-corrected chi connectivity index (χ1v) is 22.4. The van der Waals surface area contributed by atoms with Crippen molar-refractivity contribution in [2.45, 2.75) is 102 Å². The summed E-state index contributed by atoms with van der Waals surface area (Å²) in [6.45, 7) is 8.19. The first-order chi connectivity index (χ1) is 30.3. The molecule has 2 amide bonds. The molecule has 3 aromatic heterocycles. The maximum atomic E-state index is 13.1. The Balaban J connectivity index is 0.786. The molecule has 0 radical (unpaired) electrons. The number of aliphatic hydroxyl groups excluding tert-OH is 1. The topological polar surface area (TPSA) is 152 Å². The van der Waals surface area contributed by atoms with Crippen molar-refractivity contribution in [2.75, 3.05) is 57.8 Å². The average molecular weight is 874 g/mol. The third-order valence-electron chi connectivity index (χ3n) is 13.2. The Morgan fingerprint density at radius 3 is 2.43 bits per heavy atom. The van der Waals surface area contributed by atoms with Crippen LogP contribution in [0.1, 0.15) is 94.0 Å². The number of nitrogens with zero attached hydrogens (tertiary/aromatic N) is 7. The number of aryl methyl sites for hydroxylation is 2. The molecule has 5 aromatic rings. The van der Waals surface area contributed by atoms with Crippen LogP contribution >= 0.6 is 0 Å². The van der Waals surface area contributed by atoms with Crippen LogP contribution in [-0.4, -0.2) is 115 Å². The monoisotopic (exact) mass is 873 g/mol. The van der Waals surface area contributed by atoms with E-state index < -0.39 is 24.5 Å². The molecule has 8 rings (SSSR count). The zero-order valence-corrected chi connectivity index (χ0v) is 36.1. The molecule has 63 heavy (non-hydrogen) atoms. The minimum Gasteiger partial charge on any atom is -0.393 e. The quantitative estimate of drug-likeness (QED) is 0.0763. The van der Waals surface area contributed by atoms with E-state index in [9.17, 15) is 32.7 Å². The smallest absolute Gasteiger partial charge is 0.390 e. The van der Waals surface area contributed by atoms with Gasteiger partial charge in [-0.15, -0.1) is 0 Å². The highest BCUT2D eigenvalue weighted by atomic mass is 19.4. The van der Waals surface area contributed by atoms with Crippen LogP contribution in [0.2, 0.25) is 0 Å². The van der Waals surface area contributed by atoms with E-state index in [4.69, 9.17) is 9.72 Å². The third kappa shape index (κ3) is 10.3. The van der Waals surface area contributed by atoms with E-state index in [1.807, 2.05) is 18.2 Å². The van der Waals surface area contributed by atoms with Gasteiger partial charge in [0.15, 0.2) is 0 Å². The highest BCUT2D eigenvalue weighted by molar-refractivity contribution is 6.00. The summed E-state index contributed by atoms with van der Waals surface area (Å²) in [6.07, 6.45) is 4.35. The number of amides is 2. The second kappa shape index (κ2) is 19.3. The lowest BCUT2D eigenvalue weighted by Gasteiger charge is -2.38. The number of halogens is 3. The SMILES string of the molecule is CC(c1ccc(-c2cn([C@H]3CC[C@H](O)CC3)c3nc(NCCC(F)(F)F)ncc23)cc1)N1CCN(CCCOCCCc2ccc3c(c2)n(C)c(=O)n3C2CCC(=O)NC2=O)CC1. The number of aliphatic hydroxyl groups is 1. The molecule has 3 N–H and O–H groups in total. The summed E-state index contributed by atoms with van der Waals surface area (Å²) in [5.74, 6) is -0.573. The normalized spacial score (nSPS) is 21.0. The molecule has 17 heteroatoms. The summed E-state index contributed by atoms with van der Waals surface area (Å²) in [6, 6.07) is 14.2. The summed E-state index contributed by atoms with van der Waals surface area (Å²) in [5.41, 5.74) is 6.19. The number of imidazole rings is 1. The number of imide groups is 1. The number of carbonyl (C=O) groups is 2. The highest BCUT2D eigenvalue weighted by Gasteiger charge is 2.32. The molecule has 2 unspecified atom stereocenters. The number of carbonyl (C=O) groups excluding carboxylic acids is 2. The molecule has 2 atom stereocenters. The highest BCUT2D eigenvalue weighted by Crippen LogP contribution is 2.37. The van der Waals surface area contributed by atoms with E-state index in [0.29, 0.717) is 43.6 Å². The number of rotatable bonds is 16. The lowest BCUT2D eigenvalue weighted by atomic mass is 9.93. The Morgan fingerprint density at radius 1 is 0.952 bits per heavy atom. The average Bonchev–Trinajstić information content (AvgIpc) is 3.76. The van der Waals surface area contributed by atoms with Crippen molar-refractivity contribution in [1.82, 2.24) is 38.8 Å². The number of fused-ring (bicyclic) bond motifs is 2. The number of alkyl halides is 3. The zero-order valence-electron chi connectivity index (χ0n) is 36.1. The van der Waals surface area contributed by atoms with Crippen LogP contribution in [0.3, 0.4) is 0 Å². The van der Waals surface area contributed by atoms with Crippen LogP contribution in [0.15, 0.2) is 59.7 Å². The predicted octanol–water partition coefficient (Wildman–Crippen LogP) is 6.29. The van der Waals surface area contributed by atoms with Gasteiger partial charge >= 0.3 is 11.9 Å². The van der Waals surface area contributed by atoms with Gasteiger partial charge in [-0.25, -0.2) is 9.78 Å². The molecule has 2 aliphatic heterocycles. The van der Waals surface area contributed by atoms with Gasteiger partial charge in [0, 0.05) is 101 Å². The van der Waals surface area contributed by atoms with Crippen molar-refractivity contribution < 1.29 is 32.6 Å². The van der Waals surface area contributed by atoms with Crippen molar-refractivity contribution in [2.24, 2.45) is 7.05 Å². The fourth-order valence-electron chi connectivity index (χ4n) is 9.47. The summed E-state index contributed by atoms with van der Waals surface area (Å²) in [4.78, 5) is 51.3. The van der Waals surface area contributed by atoms with Crippen LogP contribution in [0.4, 0.5) is 19.1 Å². The number of hydrogen-bond donors (Lipinski definition) is 3. The fourth-order valence-corrected chi connectivity index (χ4v) is 9.47. The number of hydrogen-bond acceptors (Lipinski definition) is 10. The Morgan fingerprint density at radius 2 is 1.70 bits per heavy atom. The lowest BCUT2D eigenvalue weighted by Crippen LogP contribution is -2.47. The molecule has 3 aliphatic rings. The number of anilines is 1. The molecule has 14 nitrogen and oxygen atoms in total. The number of piperidine rings is 1. The number of nitrogens with one attached hydrogen (secondary N) is 2. The maximum absolute atomic E-state index is 13.1. The second-order valence-electron chi connectivity index (χ2n) is 17.4. The molecular weight excluding hydrogens is 816 g/mol. The molecular formula is C46H58F3N9O5. The van der Waals surface area contributed by atoms with E-state index >= 15 is 0 Å². The van der Waals surface area contributed by atoms with Crippen molar-refractivity contribution in [3.8, 4) is 11.1 Å². The summed E-state index contributed by atoms with van der Waals surface area (Å²) in [7, 11) is 1.71. The van der Waals surface area contributed by atoms with Crippen LogP contribution < -0.4 is 16.3 Å². The van der Waals surface area contributed by atoms with Crippen molar-refractivity contribution in [3.63, 3.8) is 0 Å². The molecule has 338 valence electrons. The molecule has 5 heterocycles. The molecule has 0 spiro atoms. The Hall–Kier alpha value is -5.10. The first-order valence-electron chi connectivity index (χ1n) is 22.4. The standard InChI is InChI=1S/C46H58F3N9O5/c1-30(32-7-9-33(10-8-32)37-29-57(34-11-13-35(59)14-12-34)42-36(37)28-51-44(53-42)50-19-18-46(47,48)49)56-23-21-55(22-24-56)20-4-26-63-25-3-5-31-6-15-38-40(27-31)54(2)45(62)58(38)39-16-17-41(60)52-43(39)61/h6-10,15,27-30,34-35,39,59H,3-5,11-14,16-26H2,1-2H3,(H,50,51,53)(H,52,60,61)/t30?,34-,35-,39?. The van der Waals surface area contributed by atoms with E-state index in [1.54, 1.807) is 17.8 Å². The van der Waals surface area contributed by atoms with Gasteiger partial charge in [0.05, 0.1) is 23.6 Å². The van der Waals surface area contributed by atoms with Gasteiger partial charge in [-0.1, -0.05) is 30.3 Å². The van der Waals surface area contributed by atoms with E-state index in [-0.39, 0.29) is 48.7 Å². The predicted molar refractivity (Wildman–Crippen MR) is 234 cm³/mol. The molecule has 1 saturated carbocycles. The van der Waals surface area contributed by atoms with Gasteiger partial charge in [-0.3, -0.25) is 28.9 Å².